The van der Waals surface area contributed by atoms with Crippen molar-refractivity contribution in [1.82, 2.24) is 15.1 Å². The van der Waals surface area contributed by atoms with E-state index in [2.05, 4.69) is 15.1 Å². The average Bonchev–Trinajstić information content (AvgIpc) is 2.94. The van der Waals surface area contributed by atoms with Crippen molar-refractivity contribution in [2.45, 2.75) is 32.5 Å². The zero-order chi connectivity index (χ0) is 19.9. The molecule has 1 heterocycles. The number of nitrogens with zero attached hydrogens (tertiary/aromatic N) is 2. The van der Waals surface area contributed by atoms with Gasteiger partial charge in [-0.15, -0.1) is 0 Å². The Morgan fingerprint density at radius 3 is 2.54 bits per heavy atom. The van der Waals surface area contributed by atoms with Crippen molar-refractivity contribution in [3.05, 3.63) is 71.3 Å². The van der Waals surface area contributed by atoms with Crippen LogP contribution in [0.2, 0.25) is 0 Å². The second-order valence-corrected chi connectivity index (χ2v) is 7.28. The highest BCUT2D eigenvalue weighted by Gasteiger charge is 2.24. The smallest absolute Gasteiger partial charge is 0.237 e. The summed E-state index contributed by atoms with van der Waals surface area (Å²) >= 11 is 0. The van der Waals surface area contributed by atoms with Crippen molar-refractivity contribution in [3.8, 4) is 0 Å². The maximum Gasteiger partial charge on any atom is 0.237 e. The van der Waals surface area contributed by atoms with Crippen LogP contribution in [0, 0.1) is 11.6 Å². The minimum Gasteiger partial charge on any atom is -0.351 e. The lowest BCUT2D eigenvalue weighted by atomic mass is 10.2. The van der Waals surface area contributed by atoms with Gasteiger partial charge in [-0.2, -0.15) is 0 Å². The number of carbonyl (C=O) groups is 1. The molecule has 0 aromatic heterocycles. The largest absolute Gasteiger partial charge is 0.351 e. The Labute approximate surface area is 165 Å². The normalized spacial score (nSPS) is 17.1. The third-order valence-electron chi connectivity index (χ3n) is 5.28. The highest BCUT2D eigenvalue weighted by Crippen LogP contribution is 2.14. The number of hydrogen-bond donors (Lipinski definition) is 1. The first-order valence-corrected chi connectivity index (χ1v) is 9.75. The molecule has 1 atom stereocenters. The molecular formula is C22H27F2N3O. The summed E-state index contributed by atoms with van der Waals surface area (Å²) in [5.74, 6) is -0.489. The Hall–Kier alpha value is -2.31. The minimum atomic E-state index is -0.284. The van der Waals surface area contributed by atoms with Gasteiger partial charge in [0.2, 0.25) is 5.91 Å². The fourth-order valence-corrected chi connectivity index (χ4v) is 3.51. The molecule has 0 spiro atoms. The zero-order valence-electron chi connectivity index (χ0n) is 16.2. The van der Waals surface area contributed by atoms with Gasteiger partial charge in [0.25, 0.3) is 0 Å². The van der Waals surface area contributed by atoms with Crippen molar-refractivity contribution in [2.75, 3.05) is 26.2 Å². The van der Waals surface area contributed by atoms with Gasteiger partial charge in [-0.3, -0.25) is 14.6 Å². The molecule has 28 heavy (non-hydrogen) atoms. The van der Waals surface area contributed by atoms with Crippen LogP contribution in [0.5, 0.6) is 0 Å². The molecule has 1 fully saturated rings. The Kier molecular flexibility index (Phi) is 7.12. The molecule has 0 bridgehead atoms. The van der Waals surface area contributed by atoms with Gasteiger partial charge in [0, 0.05) is 38.3 Å². The molecule has 0 saturated carbocycles. The van der Waals surface area contributed by atoms with Crippen LogP contribution in [0.25, 0.3) is 0 Å². The van der Waals surface area contributed by atoms with Crippen molar-refractivity contribution in [3.63, 3.8) is 0 Å². The van der Waals surface area contributed by atoms with Crippen LogP contribution in [0.15, 0.2) is 48.5 Å². The number of amides is 1. The number of hydrogen-bond acceptors (Lipinski definition) is 3. The fraction of sp³-hybridized carbons (Fsp3) is 0.409. The number of halogens is 2. The third-order valence-corrected chi connectivity index (χ3v) is 5.28. The van der Waals surface area contributed by atoms with E-state index in [-0.39, 0.29) is 23.6 Å². The highest BCUT2D eigenvalue weighted by molar-refractivity contribution is 5.81. The molecule has 2 aromatic rings. The summed E-state index contributed by atoms with van der Waals surface area (Å²) in [4.78, 5) is 16.9. The van der Waals surface area contributed by atoms with E-state index in [1.807, 2.05) is 19.1 Å². The zero-order valence-corrected chi connectivity index (χ0v) is 16.2. The molecule has 0 aliphatic carbocycles. The van der Waals surface area contributed by atoms with Gasteiger partial charge in [0.1, 0.15) is 11.6 Å². The summed E-state index contributed by atoms with van der Waals surface area (Å²) in [5.41, 5.74) is 1.58. The minimum absolute atomic E-state index is 0.0353. The lowest BCUT2D eigenvalue weighted by Gasteiger charge is -2.27. The summed E-state index contributed by atoms with van der Waals surface area (Å²) in [7, 11) is 0. The monoisotopic (exact) mass is 387 g/mol. The number of benzene rings is 2. The average molecular weight is 387 g/mol. The lowest BCUT2D eigenvalue weighted by molar-refractivity contribution is -0.126. The Morgan fingerprint density at radius 2 is 1.79 bits per heavy atom. The summed E-state index contributed by atoms with van der Waals surface area (Å²) in [6, 6.07) is 12.8. The molecular weight excluding hydrogens is 360 g/mol. The molecule has 1 amide bonds. The van der Waals surface area contributed by atoms with E-state index in [4.69, 9.17) is 0 Å². The molecule has 1 aliphatic rings. The molecule has 2 aromatic carbocycles. The first-order chi connectivity index (χ1) is 13.5. The van der Waals surface area contributed by atoms with E-state index in [0.717, 1.165) is 38.2 Å². The number of carbonyl (C=O) groups excluding carboxylic acids is 1. The first kappa shape index (κ1) is 20.4. The Morgan fingerprint density at radius 1 is 1.04 bits per heavy atom. The molecule has 0 radical (unpaired) electrons. The summed E-state index contributed by atoms with van der Waals surface area (Å²) < 4.78 is 26.9. The summed E-state index contributed by atoms with van der Waals surface area (Å²) in [6.07, 6.45) is 0.935. The second-order valence-electron chi connectivity index (χ2n) is 7.28. The van der Waals surface area contributed by atoms with E-state index in [1.54, 1.807) is 18.2 Å². The molecule has 1 unspecified atom stereocenters. The van der Waals surface area contributed by atoms with Gasteiger partial charge < -0.3 is 5.32 Å². The van der Waals surface area contributed by atoms with Crippen molar-refractivity contribution in [2.24, 2.45) is 0 Å². The highest BCUT2D eigenvalue weighted by atomic mass is 19.1. The maximum atomic E-state index is 13.9. The Balaban J connectivity index is 1.49. The first-order valence-electron chi connectivity index (χ1n) is 9.75. The lowest BCUT2D eigenvalue weighted by Crippen LogP contribution is -2.46. The quantitative estimate of drug-likeness (QED) is 0.827. The Bertz CT molecular complexity index is 782. The second kappa shape index (κ2) is 9.75. The van der Waals surface area contributed by atoms with Crippen molar-refractivity contribution < 1.29 is 13.6 Å². The molecule has 6 heteroatoms. The van der Waals surface area contributed by atoms with Crippen LogP contribution >= 0.6 is 0 Å². The van der Waals surface area contributed by atoms with E-state index in [0.29, 0.717) is 18.7 Å². The van der Waals surface area contributed by atoms with E-state index in [9.17, 15) is 13.6 Å². The number of rotatable bonds is 6. The van der Waals surface area contributed by atoms with Gasteiger partial charge in [-0.25, -0.2) is 8.78 Å². The molecule has 150 valence electrons. The van der Waals surface area contributed by atoms with Crippen LogP contribution in [0.4, 0.5) is 8.78 Å². The topological polar surface area (TPSA) is 35.6 Å². The standard InChI is InChI=1S/C22H27F2N3O/c1-17(22(28)25-15-18-7-9-20(23)10-8-18)27-12-4-11-26(13-14-27)16-19-5-2-3-6-21(19)24/h2-3,5-10,17H,4,11-16H2,1H3,(H,25,28). The van der Waals surface area contributed by atoms with Crippen molar-refractivity contribution in [1.29, 1.82) is 0 Å². The number of nitrogens with one attached hydrogen (secondary N) is 1. The maximum absolute atomic E-state index is 13.9. The molecule has 1 aliphatic heterocycles. The molecule has 1 saturated heterocycles. The fourth-order valence-electron chi connectivity index (χ4n) is 3.51. The van der Waals surface area contributed by atoms with Gasteiger partial charge >= 0.3 is 0 Å². The van der Waals surface area contributed by atoms with Crippen LogP contribution in [-0.4, -0.2) is 47.9 Å². The molecule has 4 nitrogen and oxygen atoms in total. The predicted octanol–water partition coefficient (Wildman–Crippen LogP) is 3.18. The summed E-state index contributed by atoms with van der Waals surface area (Å²) in [6.45, 7) is 6.16. The molecule has 1 N–H and O–H groups in total. The predicted molar refractivity (Wildman–Crippen MR) is 106 cm³/mol. The SMILES string of the molecule is CC(C(=O)NCc1ccc(F)cc1)N1CCCN(Cc2ccccc2F)CC1. The molecule has 3 rings (SSSR count). The van der Waals surface area contributed by atoms with Gasteiger partial charge in [0.05, 0.1) is 6.04 Å². The van der Waals surface area contributed by atoms with E-state index in [1.165, 1.54) is 18.2 Å². The van der Waals surface area contributed by atoms with Crippen LogP contribution in [-0.2, 0) is 17.9 Å². The van der Waals surface area contributed by atoms with E-state index >= 15 is 0 Å². The van der Waals surface area contributed by atoms with Crippen molar-refractivity contribution >= 4 is 5.91 Å². The van der Waals surface area contributed by atoms with Crippen LogP contribution < -0.4 is 5.32 Å². The third kappa shape index (κ3) is 5.59. The van der Waals surface area contributed by atoms with Gasteiger partial charge in [-0.1, -0.05) is 30.3 Å². The van der Waals surface area contributed by atoms with Gasteiger partial charge in [0.15, 0.2) is 0 Å². The van der Waals surface area contributed by atoms with Crippen LogP contribution in [0.1, 0.15) is 24.5 Å². The van der Waals surface area contributed by atoms with Gasteiger partial charge in [-0.05, 0) is 43.7 Å². The van der Waals surface area contributed by atoms with E-state index < -0.39 is 0 Å². The summed E-state index contributed by atoms with van der Waals surface area (Å²) in [5, 5.41) is 2.93. The van der Waals surface area contributed by atoms with Crippen LogP contribution in [0.3, 0.4) is 0 Å².